The van der Waals surface area contributed by atoms with Gasteiger partial charge in [-0.3, -0.25) is 4.98 Å². The molecule has 0 saturated heterocycles. The summed E-state index contributed by atoms with van der Waals surface area (Å²) in [6.07, 6.45) is 7.75. The molecule has 1 aromatic rings. The molecule has 2 fully saturated rings. The molecule has 4 unspecified atom stereocenters. The first kappa shape index (κ1) is 8.42. The van der Waals surface area contributed by atoms with Crippen LogP contribution in [0.4, 0.5) is 0 Å². The van der Waals surface area contributed by atoms with E-state index >= 15 is 0 Å². The van der Waals surface area contributed by atoms with Gasteiger partial charge < -0.3 is 5.73 Å². The number of nitrogens with zero attached hydrogens (tertiary/aromatic N) is 1. The van der Waals surface area contributed by atoms with E-state index in [4.69, 9.17) is 5.73 Å². The third-order valence-electron chi connectivity index (χ3n) is 4.00. The van der Waals surface area contributed by atoms with Crippen LogP contribution in [-0.4, -0.2) is 11.0 Å². The van der Waals surface area contributed by atoms with E-state index in [0.29, 0.717) is 12.0 Å². The summed E-state index contributed by atoms with van der Waals surface area (Å²) in [7, 11) is 0. The van der Waals surface area contributed by atoms with E-state index in [2.05, 4.69) is 17.1 Å². The lowest BCUT2D eigenvalue weighted by Gasteiger charge is -2.27. The number of hydrogen-bond donors (Lipinski definition) is 1. The van der Waals surface area contributed by atoms with Crippen LogP contribution < -0.4 is 5.73 Å². The minimum Gasteiger partial charge on any atom is -0.327 e. The number of pyridine rings is 1. The molecule has 4 atom stereocenters. The lowest BCUT2D eigenvalue weighted by atomic mass is 9.81. The molecule has 0 spiro atoms. The molecule has 74 valence electrons. The molecule has 1 aromatic heterocycles. The van der Waals surface area contributed by atoms with E-state index in [1.54, 1.807) is 0 Å². The molecule has 1 heterocycles. The van der Waals surface area contributed by atoms with Crippen LogP contribution in [0.5, 0.6) is 0 Å². The van der Waals surface area contributed by atoms with E-state index < -0.39 is 0 Å². The molecule has 3 rings (SSSR count). The molecule has 0 aromatic carbocycles. The van der Waals surface area contributed by atoms with Crippen LogP contribution in [0.15, 0.2) is 24.5 Å². The van der Waals surface area contributed by atoms with E-state index in [1.807, 2.05) is 12.4 Å². The molecule has 2 aliphatic rings. The van der Waals surface area contributed by atoms with Gasteiger partial charge in [0, 0.05) is 18.4 Å². The Morgan fingerprint density at radius 2 is 1.93 bits per heavy atom. The summed E-state index contributed by atoms with van der Waals surface area (Å²) in [6, 6.07) is 4.75. The predicted molar refractivity (Wildman–Crippen MR) is 55.8 cm³/mol. The smallest absolute Gasteiger partial charge is 0.0270 e. The van der Waals surface area contributed by atoms with Gasteiger partial charge in [0.05, 0.1) is 0 Å². The highest BCUT2D eigenvalue weighted by Crippen LogP contribution is 2.52. The van der Waals surface area contributed by atoms with Crippen LogP contribution in [0, 0.1) is 11.8 Å². The molecular weight excluding hydrogens is 172 g/mol. The average molecular weight is 188 g/mol. The normalized spacial score (nSPS) is 40.4. The predicted octanol–water partition coefficient (Wildman–Crippen LogP) is 1.92. The van der Waals surface area contributed by atoms with Crippen LogP contribution in [0.2, 0.25) is 0 Å². The second-order valence-electron chi connectivity index (χ2n) is 4.79. The van der Waals surface area contributed by atoms with Gasteiger partial charge in [0.15, 0.2) is 0 Å². The lowest BCUT2D eigenvalue weighted by Crippen LogP contribution is -2.31. The van der Waals surface area contributed by atoms with Crippen molar-refractivity contribution in [3.63, 3.8) is 0 Å². The molecule has 0 aliphatic heterocycles. The summed E-state index contributed by atoms with van der Waals surface area (Å²) in [5, 5.41) is 0. The Hall–Kier alpha value is -0.890. The molecule has 0 radical (unpaired) electrons. The summed E-state index contributed by atoms with van der Waals surface area (Å²) < 4.78 is 0. The van der Waals surface area contributed by atoms with Gasteiger partial charge in [0.2, 0.25) is 0 Å². The fourth-order valence-electron chi connectivity index (χ4n) is 3.40. The minimum atomic E-state index is 0.451. The number of nitrogens with two attached hydrogens (primary N) is 1. The van der Waals surface area contributed by atoms with E-state index in [1.165, 1.54) is 24.8 Å². The van der Waals surface area contributed by atoms with Crippen molar-refractivity contribution in [2.24, 2.45) is 17.6 Å². The van der Waals surface area contributed by atoms with Crippen molar-refractivity contribution in [2.75, 3.05) is 0 Å². The zero-order chi connectivity index (χ0) is 9.54. The maximum atomic E-state index is 6.13. The molecule has 2 saturated carbocycles. The fraction of sp³-hybridized carbons (Fsp3) is 0.583. The van der Waals surface area contributed by atoms with Crippen LogP contribution in [0.1, 0.15) is 30.7 Å². The first-order valence-corrected chi connectivity index (χ1v) is 5.50. The van der Waals surface area contributed by atoms with Crippen molar-refractivity contribution in [1.29, 1.82) is 0 Å². The van der Waals surface area contributed by atoms with Gasteiger partial charge in [-0.05, 0) is 54.7 Å². The number of aromatic nitrogens is 1. The standard InChI is InChI=1S/C12H16N2/c13-12-7-8-5-10(11(12)6-8)9-1-3-14-4-2-9/h1-4,8,10-12H,5-7,13H2. The van der Waals surface area contributed by atoms with Gasteiger partial charge in [-0.25, -0.2) is 0 Å². The molecule has 14 heavy (non-hydrogen) atoms. The summed E-state index contributed by atoms with van der Waals surface area (Å²) in [5.41, 5.74) is 7.58. The van der Waals surface area contributed by atoms with Gasteiger partial charge in [-0.15, -0.1) is 0 Å². The Balaban J connectivity index is 1.88. The third-order valence-corrected chi connectivity index (χ3v) is 4.00. The zero-order valence-electron chi connectivity index (χ0n) is 8.26. The Kier molecular flexibility index (Phi) is 1.84. The largest absolute Gasteiger partial charge is 0.327 e. The van der Waals surface area contributed by atoms with Crippen LogP contribution in [-0.2, 0) is 0 Å². The topological polar surface area (TPSA) is 38.9 Å². The number of rotatable bonds is 1. The van der Waals surface area contributed by atoms with Crippen molar-refractivity contribution < 1.29 is 0 Å². The van der Waals surface area contributed by atoms with Gasteiger partial charge in [0.25, 0.3) is 0 Å². The Morgan fingerprint density at radius 1 is 1.14 bits per heavy atom. The van der Waals surface area contributed by atoms with E-state index in [0.717, 1.165) is 11.8 Å². The van der Waals surface area contributed by atoms with Crippen molar-refractivity contribution >= 4 is 0 Å². The molecule has 2 N–H and O–H groups in total. The SMILES string of the molecule is NC1CC2CC(c3ccncc3)C1C2. The van der Waals surface area contributed by atoms with Crippen LogP contribution >= 0.6 is 0 Å². The maximum absolute atomic E-state index is 6.13. The Bertz CT molecular complexity index is 322. The van der Waals surface area contributed by atoms with Gasteiger partial charge in [-0.2, -0.15) is 0 Å². The molecular formula is C12H16N2. The third kappa shape index (κ3) is 1.17. The van der Waals surface area contributed by atoms with Crippen molar-refractivity contribution in [3.05, 3.63) is 30.1 Å². The minimum absolute atomic E-state index is 0.451. The highest BCUT2D eigenvalue weighted by molar-refractivity contribution is 5.21. The quantitative estimate of drug-likeness (QED) is 0.731. The summed E-state index contributed by atoms with van der Waals surface area (Å²) >= 11 is 0. The monoisotopic (exact) mass is 188 g/mol. The molecule has 0 amide bonds. The van der Waals surface area contributed by atoms with Crippen molar-refractivity contribution in [1.82, 2.24) is 4.98 Å². The number of fused-ring (bicyclic) bond motifs is 2. The summed E-state index contributed by atoms with van der Waals surface area (Å²) in [5.74, 6) is 2.35. The first-order chi connectivity index (χ1) is 6.84. The Morgan fingerprint density at radius 3 is 2.57 bits per heavy atom. The number of hydrogen-bond acceptors (Lipinski definition) is 2. The molecule has 2 aliphatic carbocycles. The van der Waals surface area contributed by atoms with Gasteiger partial charge in [0.1, 0.15) is 0 Å². The highest BCUT2D eigenvalue weighted by Gasteiger charge is 2.44. The van der Waals surface area contributed by atoms with Gasteiger partial charge in [-0.1, -0.05) is 0 Å². The maximum Gasteiger partial charge on any atom is 0.0270 e. The van der Waals surface area contributed by atoms with Crippen molar-refractivity contribution in [2.45, 2.75) is 31.2 Å². The van der Waals surface area contributed by atoms with E-state index in [-0.39, 0.29) is 0 Å². The van der Waals surface area contributed by atoms with Crippen LogP contribution in [0.3, 0.4) is 0 Å². The first-order valence-electron chi connectivity index (χ1n) is 5.50. The highest BCUT2D eigenvalue weighted by atomic mass is 14.7. The fourth-order valence-corrected chi connectivity index (χ4v) is 3.40. The molecule has 2 nitrogen and oxygen atoms in total. The van der Waals surface area contributed by atoms with Crippen LogP contribution in [0.25, 0.3) is 0 Å². The van der Waals surface area contributed by atoms with E-state index in [9.17, 15) is 0 Å². The second kappa shape index (κ2) is 3.06. The zero-order valence-corrected chi connectivity index (χ0v) is 8.26. The average Bonchev–Trinajstić information content (AvgIpc) is 2.77. The molecule has 2 heteroatoms. The van der Waals surface area contributed by atoms with Gasteiger partial charge >= 0.3 is 0 Å². The second-order valence-corrected chi connectivity index (χ2v) is 4.79. The summed E-state index contributed by atoms with van der Waals surface area (Å²) in [6.45, 7) is 0. The Labute approximate surface area is 84.5 Å². The molecule has 2 bridgehead atoms. The van der Waals surface area contributed by atoms with Crippen molar-refractivity contribution in [3.8, 4) is 0 Å². The summed E-state index contributed by atoms with van der Waals surface area (Å²) in [4.78, 5) is 4.07. The lowest BCUT2D eigenvalue weighted by molar-refractivity contribution is 0.368.